The van der Waals surface area contributed by atoms with E-state index in [1.807, 2.05) is 0 Å². The van der Waals surface area contributed by atoms with Gasteiger partial charge in [0.05, 0.1) is 5.04 Å². The van der Waals surface area contributed by atoms with E-state index in [9.17, 15) is 4.39 Å². The van der Waals surface area contributed by atoms with Crippen LogP contribution in [0.4, 0.5) is 4.39 Å². The van der Waals surface area contributed by atoms with E-state index in [1.54, 1.807) is 25.3 Å². The first-order valence-corrected chi connectivity index (χ1v) is 6.15. The van der Waals surface area contributed by atoms with Crippen molar-refractivity contribution in [1.82, 2.24) is 14.8 Å². The van der Waals surface area contributed by atoms with Gasteiger partial charge in [-0.3, -0.25) is 5.41 Å². The molecule has 0 aliphatic rings. The number of hydrogen-bond acceptors (Lipinski definition) is 4. The first-order valence-electron chi connectivity index (χ1n) is 4.93. The number of halogens is 1. The minimum atomic E-state index is -0.411. The molecule has 0 aliphatic heterocycles. The van der Waals surface area contributed by atoms with Gasteiger partial charge in [0, 0.05) is 5.56 Å². The lowest BCUT2D eigenvalue weighted by molar-refractivity contribution is 0.610. The first kappa shape index (κ1) is 11.8. The minimum Gasteiger partial charge on any atom is -0.293 e. The summed E-state index contributed by atoms with van der Waals surface area (Å²) in [6.07, 6.45) is 3.25. The quantitative estimate of drug-likeness (QED) is 0.657. The van der Waals surface area contributed by atoms with Crippen molar-refractivity contribution in [2.75, 3.05) is 6.26 Å². The predicted molar refractivity (Wildman–Crippen MR) is 66.4 cm³/mol. The van der Waals surface area contributed by atoms with Crippen LogP contribution in [0.5, 0.6) is 0 Å². The standard InChI is InChI=1S/C11H11FN4S/c1-7-14-6-16(15-7)10-4-3-8(5-9(10)12)11(13)17-2/h3-6,13H,1-2H3. The summed E-state index contributed by atoms with van der Waals surface area (Å²) in [4.78, 5) is 3.95. The third-order valence-electron chi connectivity index (χ3n) is 2.27. The molecule has 0 bridgehead atoms. The molecule has 2 aromatic rings. The molecule has 17 heavy (non-hydrogen) atoms. The van der Waals surface area contributed by atoms with E-state index in [2.05, 4.69) is 10.1 Å². The van der Waals surface area contributed by atoms with E-state index in [0.29, 0.717) is 22.1 Å². The van der Waals surface area contributed by atoms with Crippen LogP contribution in [0.1, 0.15) is 11.4 Å². The van der Waals surface area contributed by atoms with Crippen LogP contribution in [0.3, 0.4) is 0 Å². The summed E-state index contributed by atoms with van der Waals surface area (Å²) in [6, 6.07) is 4.64. The van der Waals surface area contributed by atoms with E-state index in [-0.39, 0.29) is 0 Å². The van der Waals surface area contributed by atoms with Gasteiger partial charge in [0.25, 0.3) is 0 Å². The predicted octanol–water partition coefficient (Wildman–Crippen LogP) is 2.40. The Morgan fingerprint density at radius 1 is 1.47 bits per heavy atom. The van der Waals surface area contributed by atoms with Crippen LogP contribution in [0, 0.1) is 18.2 Å². The van der Waals surface area contributed by atoms with E-state index in [4.69, 9.17) is 5.41 Å². The number of aryl methyl sites for hydroxylation is 1. The van der Waals surface area contributed by atoms with Crippen LogP contribution in [0.15, 0.2) is 24.5 Å². The number of rotatable bonds is 2. The maximum absolute atomic E-state index is 13.8. The lowest BCUT2D eigenvalue weighted by Gasteiger charge is -2.05. The van der Waals surface area contributed by atoms with Crippen molar-refractivity contribution in [2.24, 2.45) is 0 Å². The molecule has 1 N–H and O–H groups in total. The summed E-state index contributed by atoms with van der Waals surface area (Å²) >= 11 is 1.27. The van der Waals surface area contributed by atoms with E-state index >= 15 is 0 Å². The van der Waals surface area contributed by atoms with Crippen molar-refractivity contribution in [3.63, 3.8) is 0 Å². The van der Waals surface area contributed by atoms with Crippen LogP contribution < -0.4 is 0 Å². The topological polar surface area (TPSA) is 54.6 Å². The Balaban J connectivity index is 2.41. The van der Waals surface area contributed by atoms with Crippen molar-refractivity contribution < 1.29 is 4.39 Å². The molecule has 1 heterocycles. The van der Waals surface area contributed by atoms with Gasteiger partial charge in [-0.1, -0.05) is 0 Å². The molecule has 0 radical (unpaired) electrons. The lowest BCUT2D eigenvalue weighted by atomic mass is 10.2. The second kappa shape index (κ2) is 4.67. The molecule has 0 aliphatic carbocycles. The highest BCUT2D eigenvalue weighted by molar-refractivity contribution is 8.13. The minimum absolute atomic E-state index is 0.336. The van der Waals surface area contributed by atoms with Crippen LogP contribution in [0.2, 0.25) is 0 Å². The third-order valence-corrected chi connectivity index (χ3v) is 2.91. The van der Waals surface area contributed by atoms with Gasteiger partial charge in [-0.2, -0.15) is 5.10 Å². The largest absolute Gasteiger partial charge is 0.293 e. The van der Waals surface area contributed by atoms with Gasteiger partial charge in [-0.15, -0.1) is 11.8 Å². The SMILES string of the molecule is CSC(=N)c1ccc(-n2cnc(C)n2)c(F)c1. The Morgan fingerprint density at radius 2 is 2.24 bits per heavy atom. The zero-order chi connectivity index (χ0) is 12.4. The van der Waals surface area contributed by atoms with Crippen LogP contribution in [-0.4, -0.2) is 26.1 Å². The van der Waals surface area contributed by atoms with E-state index in [1.165, 1.54) is 28.8 Å². The average Bonchev–Trinajstić information content (AvgIpc) is 2.74. The summed E-state index contributed by atoms with van der Waals surface area (Å²) in [5.74, 6) is 0.177. The molecule has 4 nitrogen and oxygen atoms in total. The Labute approximate surface area is 102 Å². The van der Waals surface area contributed by atoms with Crippen molar-refractivity contribution in [3.8, 4) is 5.69 Å². The number of thioether (sulfide) groups is 1. The van der Waals surface area contributed by atoms with Crippen molar-refractivity contribution in [3.05, 3.63) is 41.7 Å². The monoisotopic (exact) mass is 250 g/mol. The zero-order valence-electron chi connectivity index (χ0n) is 9.44. The highest BCUT2D eigenvalue weighted by atomic mass is 32.2. The van der Waals surface area contributed by atoms with Gasteiger partial charge < -0.3 is 0 Å². The van der Waals surface area contributed by atoms with Crippen LogP contribution >= 0.6 is 11.8 Å². The average molecular weight is 250 g/mol. The maximum atomic E-state index is 13.8. The molecular weight excluding hydrogens is 239 g/mol. The molecule has 1 aromatic heterocycles. The number of nitrogens with one attached hydrogen (secondary N) is 1. The van der Waals surface area contributed by atoms with Crippen molar-refractivity contribution in [1.29, 1.82) is 5.41 Å². The molecule has 0 atom stereocenters. The van der Waals surface area contributed by atoms with Gasteiger partial charge >= 0.3 is 0 Å². The van der Waals surface area contributed by atoms with E-state index < -0.39 is 5.82 Å². The zero-order valence-corrected chi connectivity index (χ0v) is 10.3. The number of aromatic nitrogens is 3. The molecular formula is C11H11FN4S. The molecule has 0 saturated heterocycles. The molecule has 88 valence electrons. The fourth-order valence-electron chi connectivity index (χ4n) is 1.41. The van der Waals surface area contributed by atoms with Gasteiger partial charge in [0.15, 0.2) is 0 Å². The molecule has 0 saturated carbocycles. The Kier molecular flexibility index (Phi) is 3.23. The molecule has 0 spiro atoms. The highest BCUT2D eigenvalue weighted by Crippen LogP contribution is 2.17. The Bertz CT molecular complexity index is 564. The van der Waals surface area contributed by atoms with Gasteiger partial charge in [-0.25, -0.2) is 14.1 Å². The Hall–Kier alpha value is -1.69. The first-order chi connectivity index (χ1) is 8.11. The van der Waals surface area contributed by atoms with Crippen LogP contribution in [0.25, 0.3) is 5.69 Å². The van der Waals surface area contributed by atoms with Crippen molar-refractivity contribution in [2.45, 2.75) is 6.92 Å². The van der Waals surface area contributed by atoms with Crippen LogP contribution in [-0.2, 0) is 0 Å². The van der Waals surface area contributed by atoms with Crippen molar-refractivity contribution >= 4 is 16.8 Å². The fourth-order valence-corrected chi connectivity index (χ4v) is 1.78. The molecule has 2 rings (SSSR count). The van der Waals surface area contributed by atoms with Gasteiger partial charge in [-0.05, 0) is 31.4 Å². The summed E-state index contributed by atoms with van der Waals surface area (Å²) < 4.78 is 15.2. The molecule has 0 fully saturated rings. The molecule has 0 amide bonds. The van der Waals surface area contributed by atoms with Gasteiger partial charge in [0.1, 0.15) is 23.7 Å². The number of benzene rings is 1. The molecule has 6 heteroatoms. The lowest BCUT2D eigenvalue weighted by Crippen LogP contribution is -2.01. The Morgan fingerprint density at radius 3 is 2.76 bits per heavy atom. The summed E-state index contributed by atoms with van der Waals surface area (Å²) in [6.45, 7) is 1.74. The normalized spacial score (nSPS) is 10.5. The molecule has 0 unspecified atom stereocenters. The molecule has 1 aromatic carbocycles. The second-order valence-electron chi connectivity index (χ2n) is 3.44. The highest BCUT2D eigenvalue weighted by Gasteiger charge is 2.09. The summed E-state index contributed by atoms with van der Waals surface area (Å²) in [5.41, 5.74) is 0.902. The third kappa shape index (κ3) is 2.36. The second-order valence-corrected chi connectivity index (χ2v) is 4.25. The number of hydrogen-bond donors (Lipinski definition) is 1. The number of nitrogens with zero attached hydrogens (tertiary/aromatic N) is 3. The fraction of sp³-hybridized carbons (Fsp3) is 0.182. The van der Waals surface area contributed by atoms with Gasteiger partial charge in [0.2, 0.25) is 0 Å². The summed E-state index contributed by atoms with van der Waals surface area (Å²) in [7, 11) is 0. The van der Waals surface area contributed by atoms with E-state index in [0.717, 1.165) is 0 Å². The smallest absolute Gasteiger partial charge is 0.149 e. The maximum Gasteiger partial charge on any atom is 0.149 e. The summed E-state index contributed by atoms with van der Waals surface area (Å²) in [5, 5.41) is 12.0.